The third-order valence-corrected chi connectivity index (χ3v) is 6.33. The van der Waals surface area contributed by atoms with Crippen molar-refractivity contribution in [2.24, 2.45) is 11.3 Å². The van der Waals surface area contributed by atoms with E-state index in [1.807, 2.05) is 16.7 Å². The van der Waals surface area contributed by atoms with Gasteiger partial charge in [-0.15, -0.1) is 5.10 Å². The van der Waals surface area contributed by atoms with Crippen LogP contribution in [0.15, 0.2) is 0 Å². The Morgan fingerprint density at radius 1 is 1.32 bits per heavy atom. The van der Waals surface area contributed by atoms with Gasteiger partial charge in [-0.2, -0.15) is 0 Å². The van der Waals surface area contributed by atoms with E-state index in [1.54, 1.807) is 0 Å². The summed E-state index contributed by atoms with van der Waals surface area (Å²) in [6.45, 7) is 9.38. The average Bonchev–Trinajstić information content (AvgIpc) is 3.01. The maximum Gasteiger partial charge on any atom is 0.267 e. The highest BCUT2D eigenvalue weighted by molar-refractivity contribution is 7.07. The van der Waals surface area contributed by atoms with Gasteiger partial charge in [0.25, 0.3) is 5.91 Å². The first-order chi connectivity index (χ1) is 11.9. The van der Waals surface area contributed by atoms with E-state index in [0.717, 1.165) is 51.9 Å². The van der Waals surface area contributed by atoms with E-state index in [-0.39, 0.29) is 17.2 Å². The Morgan fingerprint density at radius 2 is 2.12 bits per heavy atom. The van der Waals surface area contributed by atoms with Gasteiger partial charge in [0.15, 0.2) is 0 Å². The second-order valence-corrected chi connectivity index (χ2v) is 8.77. The van der Waals surface area contributed by atoms with Crippen molar-refractivity contribution >= 4 is 23.3 Å². The number of hydrogen-bond acceptors (Lipinski definition) is 5. The number of likely N-dealkylation sites (tertiary alicyclic amines) is 2. The van der Waals surface area contributed by atoms with Crippen molar-refractivity contribution in [3.05, 3.63) is 10.6 Å². The largest absolute Gasteiger partial charge is 0.342 e. The molecule has 3 heterocycles. The lowest BCUT2D eigenvalue weighted by atomic mass is 9.73. The molecule has 1 unspecified atom stereocenters. The lowest BCUT2D eigenvalue weighted by molar-refractivity contribution is -0.139. The van der Waals surface area contributed by atoms with Crippen LogP contribution in [0.3, 0.4) is 0 Å². The number of aromatic nitrogens is 2. The minimum atomic E-state index is 0.0530. The van der Waals surface area contributed by atoms with Crippen LogP contribution in [-0.2, 0) is 4.79 Å². The smallest absolute Gasteiger partial charge is 0.267 e. The number of nitrogens with zero attached hydrogens (tertiary/aromatic N) is 4. The molecule has 1 aromatic heterocycles. The quantitative estimate of drug-likeness (QED) is 0.824. The molecule has 0 aromatic carbocycles. The highest BCUT2D eigenvalue weighted by Crippen LogP contribution is 2.39. The van der Waals surface area contributed by atoms with Crippen LogP contribution in [0.2, 0.25) is 0 Å². The first-order valence-electron chi connectivity index (χ1n) is 9.26. The SMILES string of the molecule is Cc1nnsc1C(=O)N1CCCC2(CCC(=O)N(CCC(C)C)C2)C1. The maximum absolute atomic E-state index is 12.8. The minimum Gasteiger partial charge on any atom is -0.342 e. The first-order valence-corrected chi connectivity index (χ1v) is 10.0. The van der Waals surface area contributed by atoms with Crippen LogP contribution in [0.5, 0.6) is 0 Å². The number of carbonyl (C=O) groups excluding carboxylic acids is 2. The minimum absolute atomic E-state index is 0.0530. The zero-order valence-corrected chi connectivity index (χ0v) is 16.3. The molecule has 138 valence electrons. The molecule has 2 aliphatic heterocycles. The van der Waals surface area contributed by atoms with Crippen molar-refractivity contribution in [1.29, 1.82) is 0 Å². The first kappa shape index (κ1) is 18.3. The van der Waals surface area contributed by atoms with Crippen molar-refractivity contribution in [2.75, 3.05) is 26.2 Å². The van der Waals surface area contributed by atoms with Crippen LogP contribution in [0.4, 0.5) is 0 Å². The molecular formula is C18H28N4O2S. The summed E-state index contributed by atoms with van der Waals surface area (Å²) < 4.78 is 3.90. The Kier molecular flexibility index (Phi) is 5.41. The highest BCUT2D eigenvalue weighted by atomic mass is 32.1. The topological polar surface area (TPSA) is 66.4 Å². The normalized spacial score (nSPS) is 24.4. The molecule has 1 spiro atoms. The number of hydrogen-bond donors (Lipinski definition) is 0. The Labute approximate surface area is 153 Å². The van der Waals surface area contributed by atoms with E-state index >= 15 is 0 Å². The Balaban J connectivity index is 1.70. The third-order valence-electron chi connectivity index (χ3n) is 5.52. The van der Waals surface area contributed by atoms with E-state index in [1.165, 1.54) is 11.5 Å². The summed E-state index contributed by atoms with van der Waals surface area (Å²) >= 11 is 1.18. The van der Waals surface area contributed by atoms with Crippen molar-refractivity contribution in [1.82, 2.24) is 19.4 Å². The van der Waals surface area contributed by atoms with E-state index in [0.29, 0.717) is 22.9 Å². The molecule has 0 radical (unpaired) electrons. The summed E-state index contributed by atoms with van der Waals surface area (Å²) in [5, 5.41) is 3.97. The molecule has 2 fully saturated rings. The van der Waals surface area contributed by atoms with Gasteiger partial charge in [0, 0.05) is 38.0 Å². The average molecular weight is 365 g/mol. The van der Waals surface area contributed by atoms with Crippen LogP contribution in [-0.4, -0.2) is 57.4 Å². The predicted molar refractivity (Wildman–Crippen MR) is 97.5 cm³/mol. The zero-order valence-electron chi connectivity index (χ0n) is 15.5. The Bertz CT molecular complexity index is 645. The number of carbonyl (C=O) groups is 2. The van der Waals surface area contributed by atoms with Gasteiger partial charge in [-0.25, -0.2) is 0 Å². The summed E-state index contributed by atoms with van der Waals surface area (Å²) in [7, 11) is 0. The molecular weight excluding hydrogens is 336 g/mol. The van der Waals surface area contributed by atoms with Crippen LogP contribution in [0.25, 0.3) is 0 Å². The van der Waals surface area contributed by atoms with Crippen molar-refractivity contribution < 1.29 is 9.59 Å². The molecule has 2 aliphatic rings. The summed E-state index contributed by atoms with van der Waals surface area (Å²) in [4.78, 5) is 29.8. The number of amides is 2. The summed E-state index contributed by atoms with van der Waals surface area (Å²) in [5.41, 5.74) is 0.775. The molecule has 1 atom stereocenters. The lowest BCUT2D eigenvalue weighted by Crippen LogP contribution is -2.55. The second-order valence-electron chi connectivity index (χ2n) is 8.02. The Hall–Kier alpha value is -1.50. The fourth-order valence-corrected chi connectivity index (χ4v) is 4.63. The number of aryl methyl sites for hydroxylation is 1. The number of rotatable bonds is 4. The van der Waals surface area contributed by atoms with Crippen molar-refractivity contribution in [3.63, 3.8) is 0 Å². The van der Waals surface area contributed by atoms with E-state index < -0.39 is 0 Å². The van der Waals surface area contributed by atoms with Gasteiger partial charge < -0.3 is 9.80 Å². The van der Waals surface area contributed by atoms with Gasteiger partial charge in [0.2, 0.25) is 5.91 Å². The van der Waals surface area contributed by atoms with Crippen LogP contribution >= 0.6 is 11.5 Å². The second kappa shape index (κ2) is 7.40. The third kappa shape index (κ3) is 4.02. The van der Waals surface area contributed by atoms with Crippen LogP contribution in [0.1, 0.15) is 61.3 Å². The van der Waals surface area contributed by atoms with Crippen molar-refractivity contribution in [3.8, 4) is 0 Å². The maximum atomic E-state index is 12.8. The molecule has 6 nitrogen and oxygen atoms in total. The van der Waals surface area contributed by atoms with Crippen LogP contribution in [0, 0.1) is 18.3 Å². The molecule has 3 rings (SSSR count). The Morgan fingerprint density at radius 3 is 2.80 bits per heavy atom. The van der Waals surface area contributed by atoms with E-state index in [9.17, 15) is 9.59 Å². The van der Waals surface area contributed by atoms with Crippen molar-refractivity contribution in [2.45, 2.75) is 52.9 Å². The van der Waals surface area contributed by atoms with Gasteiger partial charge in [-0.05, 0) is 50.1 Å². The standard InChI is InChI=1S/C18H28N4O2S/c1-13(2)6-10-21-11-18(8-5-15(21)23)7-4-9-22(12-18)17(24)16-14(3)19-20-25-16/h13H,4-12H2,1-3H3. The highest BCUT2D eigenvalue weighted by Gasteiger charge is 2.43. The summed E-state index contributed by atoms with van der Waals surface area (Å²) in [5.74, 6) is 0.923. The van der Waals surface area contributed by atoms with Gasteiger partial charge in [-0.3, -0.25) is 9.59 Å². The molecule has 7 heteroatoms. The molecule has 0 bridgehead atoms. The van der Waals surface area contributed by atoms with Gasteiger partial charge in [-0.1, -0.05) is 18.3 Å². The fourth-order valence-electron chi connectivity index (χ4n) is 4.01. The fraction of sp³-hybridized carbons (Fsp3) is 0.778. The monoisotopic (exact) mass is 364 g/mol. The van der Waals surface area contributed by atoms with Crippen LogP contribution < -0.4 is 0 Å². The summed E-state index contributed by atoms with van der Waals surface area (Å²) in [6, 6.07) is 0. The number of piperidine rings is 2. The van der Waals surface area contributed by atoms with Gasteiger partial charge in [0.1, 0.15) is 4.88 Å². The summed E-state index contributed by atoms with van der Waals surface area (Å²) in [6.07, 6.45) is 4.65. The lowest BCUT2D eigenvalue weighted by Gasteiger charge is -2.48. The van der Waals surface area contributed by atoms with Gasteiger partial charge >= 0.3 is 0 Å². The van der Waals surface area contributed by atoms with E-state index in [4.69, 9.17) is 0 Å². The molecule has 2 amide bonds. The molecule has 1 aromatic rings. The van der Waals surface area contributed by atoms with Gasteiger partial charge in [0.05, 0.1) is 5.69 Å². The zero-order chi connectivity index (χ0) is 18.0. The molecule has 0 N–H and O–H groups in total. The molecule has 25 heavy (non-hydrogen) atoms. The van der Waals surface area contributed by atoms with E-state index in [2.05, 4.69) is 23.4 Å². The predicted octanol–water partition coefficient (Wildman–Crippen LogP) is 2.74. The molecule has 2 saturated heterocycles. The molecule has 0 saturated carbocycles. The molecule has 0 aliphatic carbocycles.